The van der Waals surface area contributed by atoms with Gasteiger partial charge in [-0.1, -0.05) is 30.3 Å². The summed E-state index contributed by atoms with van der Waals surface area (Å²) in [6, 6.07) is 11.9. The topological polar surface area (TPSA) is 76.0 Å². The summed E-state index contributed by atoms with van der Waals surface area (Å²) in [5.74, 6) is -0.336. The monoisotopic (exact) mass is 354 g/mol. The summed E-state index contributed by atoms with van der Waals surface area (Å²) in [6.45, 7) is 2.11. The highest BCUT2D eigenvalue weighted by atomic mass is 32.1. The highest BCUT2D eigenvalue weighted by Gasteiger charge is 2.14. The van der Waals surface area contributed by atoms with Crippen LogP contribution in [0.2, 0.25) is 0 Å². The van der Waals surface area contributed by atoms with E-state index in [4.69, 9.17) is 0 Å². The molecule has 6 nitrogen and oxygen atoms in total. The van der Waals surface area contributed by atoms with E-state index >= 15 is 0 Å². The van der Waals surface area contributed by atoms with Gasteiger partial charge in [0.15, 0.2) is 0 Å². The maximum atomic E-state index is 12.5. The summed E-state index contributed by atoms with van der Waals surface area (Å²) in [5.41, 5.74) is 2.72. The Morgan fingerprint density at radius 3 is 2.72 bits per heavy atom. The molecule has 1 aromatic carbocycles. The number of benzene rings is 1. The van der Waals surface area contributed by atoms with E-state index in [2.05, 4.69) is 15.7 Å². The van der Waals surface area contributed by atoms with Gasteiger partial charge in [0.1, 0.15) is 6.54 Å². The van der Waals surface area contributed by atoms with Crippen LogP contribution < -0.4 is 10.6 Å². The van der Waals surface area contributed by atoms with Crippen LogP contribution in [0.25, 0.3) is 10.4 Å². The van der Waals surface area contributed by atoms with Gasteiger partial charge in [0.05, 0.1) is 16.8 Å². The summed E-state index contributed by atoms with van der Waals surface area (Å²) in [7, 11) is 1.57. The Balaban J connectivity index is 1.73. The summed E-state index contributed by atoms with van der Waals surface area (Å²) in [6.07, 6.45) is 3.16. The first-order valence-corrected chi connectivity index (χ1v) is 8.58. The maximum absolute atomic E-state index is 12.5. The molecule has 0 bridgehead atoms. The zero-order valence-electron chi connectivity index (χ0n) is 13.9. The number of nitrogens with zero attached hydrogens (tertiary/aromatic N) is 2. The van der Waals surface area contributed by atoms with Crippen molar-refractivity contribution >= 4 is 28.8 Å². The quantitative estimate of drug-likeness (QED) is 0.740. The molecule has 0 aliphatic carbocycles. The molecule has 2 N–H and O–H groups in total. The number of rotatable bonds is 5. The predicted octanol–water partition coefficient (Wildman–Crippen LogP) is 2.92. The third-order valence-corrected chi connectivity index (χ3v) is 4.94. The molecule has 2 amide bonds. The van der Waals surface area contributed by atoms with Gasteiger partial charge < -0.3 is 10.6 Å². The second-order valence-electron chi connectivity index (χ2n) is 5.54. The smallest absolute Gasteiger partial charge is 0.265 e. The molecule has 128 valence electrons. The maximum Gasteiger partial charge on any atom is 0.265 e. The fraction of sp³-hybridized carbons (Fsp3) is 0.167. The number of carbonyl (C=O) groups is 2. The molecule has 3 rings (SSSR count). The Labute approximate surface area is 149 Å². The van der Waals surface area contributed by atoms with E-state index in [0.29, 0.717) is 10.6 Å². The van der Waals surface area contributed by atoms with Crippen molar-refractivity contribution < 1.29 is 9.59 Å². The Hall–Kier alpha value is -2.93. The van der Waals surface area contributed by atoms with Crippen LogP contribution in [-0.2, 0) is 11.3 Å². The molecule has 0 aliphatic heterocycles. The predicted molar refractivity (Wildman–Crippen MR) is 98.7 cm³/mol. The van der Waals surface area contributed by atoms with Crippen LogP contribution >= 0.6 is 11.3 Å². The third kappa shape index (κ3) is 3.95. The van der Waals surface area contributed by atoms with Gasteiger partial charge >= 0.3 is 0 Å². The lowest BCUT2D eigenvalue weighted by Crippen LogP contribution is -2.23. The van der Waals surface area contributed by atoms with Crippen LogP contribution in [0.3, 0.4) is 0 Å². The molecule has 2 aromatic heterocycles. The van der Waals surface area contributed by atoms with Gasteiger partial charge in [0.25, 0.3) is 5.91 Å². The minimum atomic E-state index is -0.185. The number of amides is 2. The van der Waals surface area contributed by atoms with E-state index < -0.39 is 0 Å². The molecule has 3 aromatic rings. The van der Waals surface area contributed by atoms with Crippen LogP contribution in [0.15, 0.2) is 48.8 Å². The first kappa shape index (κ1) is 16.9. The highest BCUT2D eigenvalue weighted by molar-refractivity contribution is 7.17. The zero-order valence-corrected chi connectivity index (χ0v) is 14.8. The van der Waals surface area contributed by atoms with Gasteiger partial charge in [-0.15, -0.1) is 11.3 Å². The molecule has 0 radical (unpaired) electrons. The van der Waals surface area contributed by atoms with Crippen LogP contribution in [-0.4, -0.2) is 28.6 Å². The lowest BCUT2D eigenvalue weighted by Gasteiger charge is -2.00. The van der Waals surface area contributed by atoms with Gasteiger partial charge in [-0.3, -0.25) is 14.3 Å². The third-order valence-electron chi connectivity index (χ3n) is 3.65. The molecular formula is C18H18N4O2S. The molecule has 0 spiro atoms. The van der Waals surface area contributed by atoms with Crippen LogP contribution in [0.4, 0.5) is 5.69 Å². The highest BCUT2D eigenvalue weighted by Crippen LogP contribution is 2.32. The van der Waals surface area contributed by atoms with E-state index in [-0.39, 0.29) is 18.4 Å². The molecular weight excluding hydrogens is 336 g/mol. The molecule has 25 heavy (non-hydrogen) atoms. The van der Waals surface area contributed by atoms with Gasteiger partial charge in [0, 0.05) is 18.1 Å². The van der Waals surface area contributed by atoms with Crippen molar-refractivity contribution in [3.05, 3.63) is 59.2 Å². The van der Waals surface area contributed by atoms with Crippen LogP contribution in [0.1, 0.15) is 15.2 Å². The lowest BCUT2D eigenvalue weighted by atomic mass is 10.1. The Morgan fingerprint density at radius 2 is 2.00 bits per heavy atom. The van der Waals surface area contributed by atoms with Crippen LogP contribution in [0, 0.1) is 6.92 Å². The average molecular weight is 354 g/mol. The molecule has 0 saturated heterocycles. The van der Waals surface area contributed by atoms with Crippen molar-refractivity contribution in [3.8, 4) is 10.4 Å². The minimum absolute atomic E-state index is 0.114. The number of anilines is 1. The van der Waals surface area contributed by atoms with Gasteiger partial charge in [0.2, 0.25) is 5.91 Å². The van der Waals surface area contributed by atoms with Gasteiger partial charge in [-0.05, 0) is 24.1 Å². The summed E-state index contributed by atoms with van der Waals surface area (Å²) >= 11 is 1.46. The number of likely N-dealkylation sites (N-methyl/N-ethyl adjacent to an activating group) is 1. The van der Waals surface area contributed by atoms with E-state index in [1.807, 2.05) is 43.3 Å². The summed E-state index contributed by atoms with van der Waals surface area (Å²) in [5, 5.41) is 9.41. The Kier molecular flexibility index (Phi) is 4.95. The normalized spacial score (nSPS) is 10.5. The van der Waals surface area contributed by atoms with Crippen molar-refractivity contribution in [2.45, 2.75) is 13.5 Å². The van der Waals surface area contributed by atoms with E-state index in [0.717, 1.165) is 16.0 Å². The molecule has 0 saturated carbocycles. The minimum Gasteiger partial charge on any atom is -0.358 e. The van der Waals surface area contributed by atoms with E-state index in [1.165, 1.54) is 22.2 Å². The molecule has 0 fully saturated rings. The molecule has 0 aliphatic rings. The van der Waals surface area contributed by atoms with Gasteiger partial charge in [-0.25, -0.2) is 0 Å². The largest absolute Gasteiger partial charge is 0.358 e. The molecule has 0 atom stereocenters. The van der Waals surface area contributed by atoms with Gasteiger partial charge in [-0.2, -0.15) is 5.10 Å². The van der Waals surface area contributed by atoms with Crippen molar-refractivity contribution in [1.82, 2.24) is 15.1 Å². The van der Waals surface area contributed by atoms with Crippen molar-refractivity contribution in [2.75, 3.05) is 12.4 Å². The number of hydrogen-bond acceptors (Lipinski definition) is 4. The van der Waals surface area contributed by atoms with E-state index in [9.17, 15) is 9.59 Å². The first-order chi connectivity index (χ1) is 12.1. The standard InChI is InChI=1S/C18H18N4O2S/c1-12-8-15(25-17(12)13-6-4-3-5-7-13)18(24)21-14-9-20-22(10-14)11-16(23)19-2/h3-10H,11H2,1-2H3,(H,19,23)(H,21,24). The number of nitrogens with one attached hydrogen (secondary N) is 2. The second kappa shape index (κ2) is 7.31. The Bertz CT molecular complexity index is 899. The number of carbonyl (C=O) groups excluding carboxylic acids is 2. The van der Waals surface area contributed by atoms with Crippen molar-refractivity contribution in [2.24, 2.45) is 0 Å². The first-order valence-electron chi connectivity index (χ1n) is 7.77. The van der Waals surface area contributed by atoms with Crippen LogP contribution in [0.5, 0.6) is 0 Å². The SMILES string of the molecule is CNC(=O)Cn1cc(NC(=O)c2cc(C)c(-c3ccccc3)s2)cn1. The number of aromatic nitrogens is 2. The number of thiophene rings is 1. The summed E-state index contributed by atoms with van der Waals surface area (Å²) in [4.78, 5) is 25.6. The second-order valence-corrected chi connectivity index (χ2v) is 6.59. The number of hydrogen-bond donors (Lipinski definition) is 2. The summed E-state index contributed by atoms with van der Waals surface area (Å²) < 4.78 is 1.48. The zero-order chi connectivity index (χ0) is 17.8. The van der Waals surface area contributed by atoms with Crippen molar-refractivity contribution in [1.29, 1.82) is 0 Å². The van der Waals surface area contributed by atoms with E-state index in [1.54, 1.807) is 13.2 Å². The Morgan fingerprint density at radius 1 is 1.24 bits per heavy atom. The number of aryl methyl sites for hydroxylation is 1. The molecule has 7 heteroatoms. The molecule has 2 heterocycles. The van der Waals surface area contributed by atoms with Crippen molar-refractivity contribution in [3.63, 3.8) is 0 Å². The lowest BCUT2D eigenvalue weighted by molar-refractivity contribution is -0.121. The molecule has 0 unspecified atom stereocenters. The fourth-order valence-corrected chi connectivity index (χ4v) is 3.48. The fourth-order valence-electron chi connectivity index (χ4n) is 2.40. The average Bonchev–Trinajstić information content (AvgIpc) is 3.22.